The smallest absolute Gasteiger partial charge is 0.256 e. The maximum atomic E-state index is 12.6. The van der Waals surface area contributed by atoms with Crippen LogP contribution < -0.4 is 11.3 Å². The van der Waals surface area contributed by atoms with E-state index in [0.29, 0.717) is 11.3 Å². The van der Waals surface area contributed by atoms with Crippen molar-refractivity contribution in [1.82, 2.24) is 4.90 Å². The lowest BCUT2D eigenvalue weighted by Crippen LogP contribution is -2.30. The van der Waals surface area contributed by atoms with E-state index in [1.54, 1.807) is 16.2 Å². The molecule has 5 heteroatoms. The van der Waals surface area contributed by atoms with Crippen LogP contribution in [0.3, 0.4) is 0 Å². The summed E-state index contributed by atoms with van der Waals surface area (Å²) in [5, 5.41) is 2.02. The van der Waals surface area contributed by atoms with E-state index in [2.05, 4.69) is 5.43 Å². The number of hydrazine groups is 1. The second-order valence-electron chi connectivity index (χ2n) is 4.80. The molecule has 0 bridgehead atoms. The van der Waals surface area contributed by atoms with Gasteiger partial charge in [-0.25, -0.2) is 0 Å². The lowest BCUT2D eigenvalue weighted by molar-refractivity contribution is 0.0746. The number of carbonyl (C=O) groups is 1. The Kier molecular flexibility index (Phi) is 4.42. The molecule has 0 aliphatic carbocycles. The quantitative estimate of drug-likeness (QED) is 0.671. The Morgan fingerprint density at radius 3 is 2.75 bits per heavy atom. The Labute approximate surface area is 123 Å². The van der Waals surface area contributed by atoms with E-state index in [9.17, 15) is 4.79 Å². The standard InChI is InChI=1S/C15H19N3OS/c1-10-6-7-13(17-16)12(9-10)15(19)18(3)11(2)14-5-4-8-20-14/h4-9,11,17H,16H2,1-3H3. The molecule has 0 aliphatic rings. The lowest BCUT2D eigenvalue weighted by Gasteiger charge is -2.25. The number of aryl methyl sites for hydroxylation is 1. The Balaban J connectivity index is 2.29. The Morgan fingerprint density at radius 1 is 1.40 bits per heavy atom. The van der Waals surface area contributed by atoms with E-state index in [0.717, 1.165) is 10.4 Å². The van der Waals surface area contributed by atoms with Gasteiger partial charge < -0.3 is 10.3 Å². The average Bonchev–Trinajstić information content (AvgIpc) is 2.99. The zero-order valence-corrected chi connectivity index (χ0v) is 12.7. The van der Waals surface area contributed by atoms with Crippen molar-refractivity contribution < 1.29 is 4.79 Å². The number of hydrogen-bond donors (Lipinski definition) is 2. The minimum Gasteiger partial charge on any atom is -0.334 e. The van der Waals surface area contributed by atoms with Crippen LogP contribution in [0.1, 0.15) is 33.8 Å². The largest absolute Gasteiger partial charge is 0.334 e. The second kappa shape index (κ2) is 6.07. The van der Waals surface area contributed by atoms with Crippen molar-refractivity contribution in [2.45, 2.75) is 19.9 Å². The minimum atomic E-state index is -0.0393. The van der Waals surface area contributed by atoms with Crippen LogP contribution in [0.5, 0.6) is 0 Å². The first-order valence-corrected chi connectivity index (χ1v) is 7.30. The molecule has 0 fully saturated rings. The summed E-state index contributed by atoms with van der Waals surface area (Å²) in [4.78, 5) is 15.5. The Hall–Kier alpha value is -1.85. The molecule has 0 saturated heterocycles. The molecule has 2 aromatic rings. The summed E-state index contributed by atoms with van der Waals surface area (Å²) in [5.74, 6) is 5.45. The van der Waals surface area contributed by atoms with Gasteiger partial charge in [0.1, 0.15) is 0 Å². The molecule has 1 atom stereocenters. The summed E-state index contributed by atoms with van der Waals surface area (Å²) in [6.45, 7) is 3.98. The van der Waals surface area contributed by atoms with Crippen molar-refractivity contribution in [2.75, 3.05) is 12.5 Å². The highest BCUT2D eigenvalue weighted by Gasteiger charge is 2.21. The van der Waals surface area contributed by atoms with Crippen LogP contribution in [0.15, 0.2) is 35.7 Å². The highest BCUT2D eigenvalue weighted by molar-refractivity contribution is 7.10. The van der Waals surface area contributed by atoms with Crippen molar-refractivity contribution in [3.8, 4) is 0 Å². The SMILES string of the molecule is Cc1ccc(NN)c(C(=O)N(C)C(C)c2cccs2)c1. The first-order chi connectivity index (χ1) is 9.54. The first kappa shape index (κ1) is 14.6. The van der Waals surface area contributed by atoms with E-state index in [1.807, 2.05) is 56.6 Å². The molecule has 106 valence electrons. The number of benzene rings is 1. The number of rotatable bonds is 4. The second-order valence-corrected chi connectivity index (χ2v) is 5.78. The number of anilines is 1. The van der Waals surface area contributed by atoms with Crippen LogP contribution in [-0.2, 0) is 0 Å². The normalized spacial score (nSPS) is 12.0. The molecule has 1 heterocycles. The van der Waals surface area contributed by atoms with Gasteiger partial charge >= 0.3 is 0 Å². The third-order valence-electron chi connectivity index (χ3n) is 3.42. The van der Waals surface area contributed by atoms with Gasteiger partial charge in [0.05, 0.1) is 17.3 Å². The van der Waals surface area contributed by atoms with Gasteiger partial charge in [0, 0.05) is 11.9 Å². The predicted molar refractivity (Wildman–Crippen MR) is 83.8 cm³/mol. The molecule has 1 aromatic carbocycles. The van der Waals surface area contributed by atoms with Gasteiger partial charge in [-0.3, -0.25) is 10.6 Å². The predicted octanol–water partition coefficient (Wildman–Crippen LogP) is 3.18. The summed E-state index contributed by atoms with van der Waals surface area (Å²) in [6, 6.07) is 9.68. The molecular weight excluding hydrogens is 270 g/mol. The fourth-order valence-corrected chi connectivity index (χ4v) is 2.87. The topological polar surface area (TPSA) is 58.4 Å². The van der Waals surface area contributed by atoms with Crippen molar-refractivity contribution in [3.63, 3.8) is 0 Å². The van der Waals surface area contributed by atoms with E-state index in [1.165, 1.54) is 0 Å². The summed E-state index contributed by atoms with van der Waals surface area (Å²) < 4.78 is 0. The number of carbonyl (C=O) groups excluding carboxylic acids is 1. The van der Waals surface area contributed by atoms with Crippen LogP contribution in [0.25, 0.3) is 0 Å². The average molecular weight is 289 g/mol. The molecule has 1 unspecified atom stereocenters. The summed E-state index contributed by atoms with van der Waals surface area (Å²) in [5.41, 5.74) is 4.86. The van der Waals surface area contributed by atoms with Gasteiger partial charge in [-0.1, -0.05) is 17.7 Å². The molecule has 2 rings (SSSR count). The lowest BCUT2D eigenvalue weighted by atomic mass is 10.1. The van der Waals surface area contributed by atoms with Crippen LogP contribution >= 0.6 is 11.3 Å². The highest BCUT2D eigenvalue weighted by atomic mass is 32.1. The molecular formula is C15H19N3OS. The van der Waals surface area contributed by atoms with Crippen molar-refractivity contribution in [2.24, 2.45) is 5.84 Å². The van der Waals surface area contributed by atoms with Crippen LogP contribution in [0, 0.1) is 6.92 Å². The number of nitrogens with one attached hydrogen (secondary N) is 1. The van der Waals surface area contributed by atoms with E-state index >= 15 is 0 Å². The number of amides is 1. The number of hydrogen-bond acceptors (Lipinski definition) is 4. The fourth-order valence-electron chi connectivity index (χ4n) is 2.05. The highest BCUT2D eigenvalue weighted by Crippen LogP contribution is 2.26. The third-order valence-corrected chi connectivity index (χ3v) is 4.46. The molecule has 0 spiro atoms. The molecule has 0 radical (unpaired) electrons. The molecule has 0 saturated carbocycles. The molecule has 1 amide bonds. The van der Waals surface area contributed by atoms with Gasteiger partial charge in [-0.2, -0.15) is 0 Å². The van der Waals surface area contributed by atoms with Crippen LogP contribution in [0.2, 0.25) is 0 Å². The number of nitrogen functional groups attached to an aromatic ring is 1. The van der Waals surface area contributed by atoms with Crippen molar-refractivity contribution >= 4 is 22.9 Å². The van der Waals surface area contributed by atoms with Gasteiger partial charge in [0.15, 0.2) is 0 Å². The molecule has 20 heavy (non-hydrogen) atoms. The zero-order valence-electron chi connectivity index (χ0n) is 11.9. The summed E-state index contributed by atoms with van der Waals surface area (Å²) in [6.07, 6.45) is 0. The van der Waals surface area contributed by atoms with Crippen LogP contribution in [0.4, 0.5) is 5.69 Å². The first-order valence-electron chi connectivity index (χ1n) is 6.42. The van der Waals surface area contributed by atoms with E-state index in [4.69, 9.17) is 5.84 Å². The molecule has 1 aromatic heterocycles. The maximum Gasteiger partial charge on any atom is 0.256 e. The van der Waals surface area contributed by atoms with Gasteiger partial charge in [-0.05, 0) is 37.4 Å². The van der Waals surface area contributed by atoms with E-state index < -0.39 is 0 Å². The number of nitrogens with zero attached hydrogens (tertiary/aromatic N) is 1. The van der Waals surface area contributed by atoms with Crippen molar-refractivity contribution in [3.05, 3.63) is 51.7 Å². The Morgan fingerprint density at radius 2 is 2.15 bits per heavy atom. The number of nitrogens with two attached hydrogens (primary N) is 1. The van der Waals surface area contributed by atoms with Gasteiger partial charge in [0.25, 0.3) is 5.91 Å². The molecule has 3 N–H and O–H groups in total. The maximum absolute atomic E-state index is 12.6. The summed E-state index contributed by atoms with van der Waals surface area (Å²) >= 11 is 1.65. The van der Waals surface area contributed by atoms with E-state index in [-0.39, 0.29) is 11.9 Å². The molecule has 0 aliphatic heterocycles. The minimum absolute atomic E-state index is 0.0358. The van der Waals surface area contributed by atoms with Gasteiger partial charge in [0.2, 0.25) is 0 Å². The monoisotopic (exact) mass is 289 g/mol. The zero-order chi connectivity index (χ0) is 14.7. The fraction of sp³-hybridized carbons (Fsp3) is 0.267. The molecule has 4 nitrogen and oxygen atoms in total. The van der Waals surface area contributed by atoms with Gasteiger partial charge in [-0.15, -0.1) is 11.3 Å². The van der Waals surface area contributed by atoms with Crippen molar-refractivity contribution in [1.29, 1.82) is 0 Å². The van der Waals surface area contributed by atoms with Crippen LogP contribution in [-0.4, -0.2) is 17.9 Å². The number of thiophene rings is 1. The Bertz CT molecular complexity index is 595. The summed E-state index contributed by atoms with van der Waals surface area (Å²) in [7, 11) is 1.81. The third kappa shape index (κ3) is 2.84.